The number of pyridine rings is 1. The van der Waals surface area contributed by atoms with Gasteiger partial charge in [0.1, 0.15) is 0 Å². The molecular weight excluding hydrogens is 370 g/mol. The van der Waals surface area contributed by atoms with Gasteiger partial charge in [-0.2, -0.15) is 0 Å². The monoisotopic (exact) mass is 397 g/mol. The fraction of sp³-hybridized carbons (Fsp3) is 0.455. The summed E-state index contributed by atoms with van der Waals surface area (Å²) in [5, 5.41) is 7.70. The molecule has 28 heavy (non-hydrogen) atoms. The summed E-state index contributed by atoms with van der Waals surface area (Å²) in [4.78, 5) is 17.1. The van der Waals surface area contributed by atoms with Gasteiger partial charge in [0.05, 0.1) is 17.2 Å². The van der Waals surface area contributed by atoms with Gasteiger partial charge >= 0.3 is 0 Å². The van der Waals surface area contributed by atoms with E-state index in [-0.39, 0.29) is 18.1 Å². The number of fused-ring (bicyclic) bond motifs is 1. The summed E-state index contributed by atoms with van der Waals surface area (Å²) in [6, 6.07) is 13.9. The van der Waals surface area contributed by atoms with Gasteiger partial charge in [-0.3, -0.25) is 4.79 Å². The maximum absolute atomic E-state index is 12.8. The molecule has 1 saturated heterocycles. The minimum absolute atomic E-state index is 0.0135. The maximum Gasteiger partial charge on any atom is 0.251 e. The van der Waals surface area contributed by atoms with Crippen LogP contribution in [0, 0.1) is 11.8 Å². The van der Waals surface area contributed by atoms with Crippen LogP contribution in [0.4, 0.5) is 0 Å². The number of carbonyl (C=O) groups is 1. The number of nitrogens with zero attached hydrogens (tertiary/aromatic N) is 1. The molecule has 5 nitrogen and oxygen atoms in total. The summed E-state index contributed by atoms with van der Waals surface area (Å²) < 4.78 is 5.69. The van der Waals surface area contributed by atoms with Crippen LogP contribution in [-0.2, 0) is 10.5 Å². The molecule has 1 aliphatic heterocycles. The van der Waals surface area contributed by atoms with E-state index < -0.39 is 0 Å². The number of carbonyl (C=O) groups excluding carboxylic acids is 1. The average molecular weight is 398 g/mol. The first-order valence-electron chi connectivity index (χ1n) is 9.90. The summed E-state index contributed by atoms with van der Waals surface area (Å²) >= 11 is 1.69. The van der Waals surface area contributed by atoms with Crippen LogP contribution in [0.15, 0.2) is 53.7 Å². The highest BCUT2D eigenvalue weighted by atomic mass is 32.2. The zero-order valence-corrected chi connectivity index (χ0v) is 17.0. The van der Waals surface area contributed by atoms with Gasteiger partial charge in [0.2, 0.25) is 0 Å². The standard InChI is InChI=1S/C22H27N3O2S/c1-27-20-11-18-13-23-12-17(18)10-19(20)25-22(26)16-7-5-15(6-8-16)14-28-21-4-2-3-9-24-21/h2-9,17-20,23H,10-14H2,1H3,(H,25,26)/t17-,18+,19-,20-/m0/s1. The first kappa shape index (κ1) is 19.4. The Labute approximate surface area is 170 Å². The maximum atomic E-state index is 12.8. The Bertz CT molecular complexity index is 784. The number of ether oxygens (including phenoxy) is 1. The molecule has 2 fully saturated rings. The molecule has 1 saturated carbocycles. The molecule has 0 unspecified atom stereocenters. The predicted octanol–water partition coefficient (Wildman–Crippen LogP) is 3.12. The summed E-state index contributed by atoms with van der Waals surface area (Å²) in [5.74, 6) is 2.14. The van der Waals surface area contributed by atoms with Crippen molar-refractivity contribution < 1.29 is 9.53 Å². The van der Waals surface area contributed by atoms with Crippen LogP contribution in [0.5, 0.6) is 0 Å². The van der Waals surface area contributed by atoms with Gasteiger partial charge in [0, 0.05) is 24.6 Å². The van der Waals surface area contributed by atoms with Crippen molar-refractivity contribution in [2.45, 2.75) is 35.8 Å². The molecular formula is C22H27N3O2S. The van der Waals surface area contributed by atoms with Crippen LogP contribution in [0.2, 0.25) is 0 Å². The van der Waals surface area contributed by atoms with Gasteiger partial charge in [0.15, 0.2) is 0 Å². The van der Waals surface area contributed by atoms with E-state index in [1.807, 2.05) is 42.5 Å². The lowest BCUT2D eigenvalue weighted by atomic mass is 9.77. The number of rotatable bonds is 6. The highest BCUT2D eigenvalue weighted by molar-refractivity contribution is 7.98. The molecule has 4 atom stereocenters. The molecule has 4 rings (SSSR count). The fourth-order valence-electron chi connectivity index (χ4n) is 4.29. The quantitative estimate of drug-likeness (QED) is 0.734. The first-order valence-corrected chi connectivity index (χ1v) is 10.9. The number of methoxy groups -OCH3 is 1. The lowest BCUT2D eigenvalue weighted by Crippen LogP contribution is -2.50. The van der Waals surface area contributed by atoms with Gasteiger partial charge in [-0.25, -0.2) is 4.98 Å². The summed E-state index contributed by atoms with van der Waals surface area (Å²) in [5.41, 5.74) is 1.88. The van der Waals surface area contributed by atoms with E-state index in [0.717, 1.165) is 36.7 Å². The van der Waals surface area contributed by atoms with Crippen molar-refractivity contribution in [2.24, 2.45) is 11.8 Å². The van der Waals surface area contributed by atoms with Gasteiger partial charge < -0.3 is 15.4 Å². The highest BCUT2D eigenvalue weighted by Crippen LogP contribution is 2.34. The minimum Gasteiger partial charge on any atom is -0.379 e. The number of aromatic nitrogens is 1. The number of hydrogen-bond acceptors (Lipinski definition) is 5. The molecule has 0 bridgehead atoms. The minimum atomic E-state index is -0.0135. The van der Waals surface area contributed by atoms with Crippen molar-refractivity contribution >= 4 is 17.7 Å². The highest BCUT2D eigenvalue weighted by Gasteiger charge is 2.40. The number of nitrogens with one attached hydrogen (secondary N) is 2. The Hall–Kier alpha value is -1.89. The van der Waals surface area contributed by atoms with Gasteiger partial charge in [0.25, 0.3) is 5.91 Å². The number of hydrogen-bond donors (Lipinski definition) is 2. The van der Waals surface area contributed by atoms with Crippen LogP contribution in [-0.4, -0.2) is 43.2 Å². The van der Waals surface area contributed by atoms with E-state index in [1.165, 1.54) is 5.56 Å². The second kappa shape index (κ2) is 9.07. The fourth-order valence-corrected chi connectivity index (χ4v) is 5.10. The van der Waals surface area contributed by atoms with Crippen molar-refractivity contribution in [3.8, 4) is 0 Å². The van der Waals surface area contributed by atoms with E-state index in [2.05, 4.69) is 15.6 Å². The smallest absolute Gasteiger partial charge is 0.251 e. The lowest BCUT2D eigenvalue weighted by molar-refractivity contribution is 0.0125. The van der Waals surface area contributed by atoms with Gasteiger partial charge in [-0.1, -0.05) is 18.2 Å². The number of benzene rings is 1. The van der Waals surface area contributed by atoms with Crippen molar-refractivity contribution in [1.82, 2.24) is 15.6 Å². The zero-order valence-electron chi connectivity index (χ0n) is 16.1. The molecule has 1 aliphatic carbocycles. The Morgan fingerprint density at radius 1 is 1.18 bits per heavy atom. The second-order valence-corrected chi connectivity index (χ2v) is 8.65. The Morgan fingerprint density at radius 3 is 2.68 bits per heavy atom. The Kier molecular flexibility index (Phi) is 6.29. The van der Waals surface area contributed by atoms with E-state index in [9.17, 15) is 4.79 Å². The zero-order chi connectivity index (χ0) is 19.3. The van der Waals surface area contributed by atoms with Crippen LogP contribution in [0.25, 0.3) is 0 Å². The third-order valence-corrected chi connectivity index (χ3v) is 6.90. The summed E-state index contributed by atoms with van der Waals surface area (Å²) in [7, 11) is 1.75. The van der Waals surface area contributed by atoms with Crippen LogP contribution >= 0.6 is 11.8 Å². The number of amides is 1. The molecule has 1 amide bonds. The molecule has 2 aliphatic rings. The van der Waals surface area contributed by atoms with E-state index >= 15 is 0 Å². The lowest BCUT2D eigenvalue weighted by Gasteiger charge is -2.37. The Morgan fingerprint density at radius 2 is 1.96 bits per heavy atom. The predicted molar refractivity (Wildman–Crippen MR) is 111 cm³/mol. The normalized spacial score (nSPS) is 26.6. The molecule has 2 N–H and O–H groups in total. The SMILES string of the molecule is CO[C@H]1C[C@@H]2CNC[C@@H]2C[C@@H]1NC(=O)c1ccc(CSc2ccccn2)cc1. The van der Waals surface area contributed by atoms with Crippen LogP contribution in [0.3, 0.4) is 0 Å². The number of thioether (sulfide) groups is 1. The first-order chi connectivity index (χ1) is 13.7. The third kappa shape index (κ3) is 4.57. The molecule has 1 aromatic heterocycles. The largest absolute Gasteiger partial charge is 0.379 e. The van der Waals surface area contributed by atoms with E-state index in [0.29, 0.717) is 17.4 Å². The van der Waals surface area contributed by atoms with E-state index in [4.69, 9.17) is 4.74 Å². The summed E-state index contributed by atoms with van der Waals surface area (Å²) in [6.45, 7) is 2.12. The van der Waals surface area contributed by atoms with Crippen molar-refractivity contribution in [2.75, 3.05) is 20.2 Å². The van der Waals surface area contributed by atoms with Crippen molar-refractivity contribution in [1.29, 1.82) is 0 Å². The molecule has 0 radical (unpaired) electrons. The molecule has 2 aromatic rings. The van der Waals surface area contributed by atoms with Gasteiger partial charge in [-0.05, 0) is 67.6 Å². The Balaban J connectivity index is 1.34. The van der Waals surface area contributed by atoms with Crippen LogP contribution < -0.4 is 10.6 Å². The topological polar surface area (TPSA) is 63.2 Å². The molecule has 0 spiro atoms. The molecule has 6 heteroatoms. The third-order valence-electron chi connectivity index (χ3n) is 5.88. The van der Waals surface area contributed by atoms with Crippen molar-refractivity contribution in [3.63, 3.8) is 0 Å². The molecule has 148 valence electrons. The van der Waals surface area contributed by atoms with Crippen LogP contribution in [0.1, 0.15) is 28.8 Å². The van der Waals surface area contributed by atoms with E-state index in [1.54, 1.807) is 25.1 Å². The molecule has 2 heterocycles. The van der Waals surface area contributed by atoms with Crippen molar-refractivity contribution in [3.05, 3.63) is 59.8 Å². The second-order valence-electron chi connectivity index (χ2n) is 7.66. The van der Waals surface area contributed by atoms with Gasteiger partial charge in [-0.15, -0.1) is 11.8 Å². The average Bonchev–Trinajstić information content (AvgIpc) is 3.20. The molecule has 1 aromatic carbocycles. The summed E-state index contributed by atoms with van der Waals surface area (Å²) in [6.07, 6.45) is 3.90.